The first-order valence-electron chi connectivity index (χ1n) is 7.06. The lowest BCUT2D eigenvalue weighted by Crippen LogP contribution is -2.27. The van der Waals surface area contributed by atoms with Crippen LogP contribution in [0.1, 0.15) is 32.0 Å². The fourth-order valence-electron chi connectivity index (χ4n) is 2.42. The zero-order valence-corrected chi connectivity index (χ0v) is 12.6. The molecule has 0 bridgehead atoms. The van der Waals surface area contributed by atoms with Gasteiger partial charge < -0.3 is 20.2 Å². The zero-order valence-electron chi connectivity index (χ0n) is 11.8. The van der Waals surface area contributed by atoms with E-state index in [0.29, 0.717) is 17.6 Å². The molecule has 0 aromatic carbocycles. The average molecular weight is 312 g/mol. The van der Waals surface area contributed by atoms with E-state index < -0.39 is 0 Å². The summed E-state index contributed by atoms with van der Waals surface area (Å²) in [6, 6.07) is 0. The smallest absolute Gasteiger partial charge is 0.223 e. The monoisotopic (exact) mass is 311 g/mol. The van der Waals surface area contributed by atoms with Gasteiger partial charge in [0.2, 0.25) is 5.95 Å². The van der Waals surface area contributed by atoms with Gasteiger partial charge in [0.1, 0.15) is 11.3 Å². The molecule has 1 aliphatic rings. The SMILES string of the molecule is CC(Cc1nc2nc(N)nc(Cl)c2[nH]1)OC1CCCCO1. The largest absolute Gasteiger partial charge is 0.368 e. The van der Waals surface area contributed by atoms with E-state index in [2.05, 4.69) is 19.9 Å². The third-order valence-corrected chi connectivity index (χ3v) is 3.65. The fourth-order valence-corrected chi connectivity index (χ4v) is 2.64. The Hall–Kier alpha value is -1.44. The van der Waals surface area contributed by atoms with Gasteiger partial charge in [-0.05, 0) is 26.2 Å². The summed E-state index contributed by atoms with van der Waals surface area (Å²) in [7, 11) is 0. The minimum Gasteiger partial charge on any atom is -0.368 e. The predicted octanol–water partition coefficient (Wildman–Crippen LogP) is 2.06. The molecule has 1 aliphatic heterocycles. The number of aromatic nitrogens is 4. The summed E-state index contributed by atoms with van der Waals surface area (Å²) in [5.74, 6) is 0.862. The molecule has 8 heteroatoms. The molecule has 0 saturated carbocycles. The van der Waals surface area contributed by atoms with Crippen molar-refractivity contribution in [3.63, 3.8) is 0 Å². The van der Waals surface area contributed by atoms with E-state index in [0.717, 1.165) is 31.7 Å². The van der Waals surface area contributed by atoms with Crippen molar-refractivity contribution in [3.8, 4) is 0 Å². The molecule has 1 fully saturated rings. The number of fused-ring (bicyclic) bond motifs is 1. The lowest BCUT2D eigenvalue weighted by atomic mass is 10.2. The molecule has 21 heavy (non-hydrogen) atoms. The number of H-pyrrole nitrogens is 1. The molecule has 1 saturated heterocycles. The van der Waals surface area contributed by atoms with Gasteiger partial charge in [0, 0.05) is 13.0 Å². The van der Waals surface area contributed by atoms with Crippen LogP contribution in [0.4, 0.5) is 5.95 Å². The molecule has 2 aromatic rings. The van der Waals surface area contributed by atoms with Crippen molar-refractivity contribution in [3.05, 3.63) is 11.0 Å². The Labute approximate surface area is 127 Å². The van der Waals surface area contributed by atoms with E-state index in [9.17, 15) is 0 Å². The van der Waals surface area contributed by atoms with Crippen LogP contribution >= 0.6 is 11.6 Å². The van der Waals surface area contributed by atoms with Crippen LogP contribution in [0.3, 0.4) is 0 Å². The summed E-state index contributed by atoms with van der Waals surface area (Å²) < 4.78 is 11.4. The van der Waals surface area contributed by atoms with Crippen molar-refractivity contribution in [2.45, 2.75) is 45.0 Å². The number of nitrogens with one attached hydrogen (secondary N) is 1. The first-order chi connectivity index (χ1) is 10.1. The van der Waals surface area contributed by atoms with Gasteiger partial charge in [-0.3, -0.25) is 0 Å². The first kappa shape index (κ1) is 14.5. The van der Waals surface area contributed by atoms with Crippen molar-refractivity contribution in [2.75, 3.05) is 12.3 Å². The molecule has 2 aromatic heterocycles. The van der Waals surface area contributed by atoms with Gasteiger partial charge in [0.15, 0.2) is 17.1 Å². The number of halogens is 1. The molecule has 3 heterocycles. The number of nitrogens with zero attached hydrogens (tertiary/aromatic N) is 3. The second-order valence-corrected chi connectivity index (χ2v) is 5.56. The molecule has 3 rings (SSSR count). The maximum absolute atomic E-state index is 6.01. The number of aromatic amines is 1. The van der Waals surface area contributed by atoms with Crippen LogP contribution in [0.2, 0.25) is 5.15 Å². The van der Waals surface area contributed by atoms with Gasteiger partial charge in [-0.1, -0.05) is 11.6 Å². The van der Waals surface area contributed by atoms with Crippen molar-refractivity contribution in [1.29, 1.82) is 0 Å². The number of hydrogen-bond donors (Lipinski definition) is 2. The zero-order chi connectivity index (χ0) is 14.8. The van der Waals surface area contributed by atoms with Gasteiger partial charge in [0.05, 0.1) is 6.10 Å². The molecule has 2 atom stereocenters. The molecular formula is C13H18ClN5O2. The predicted molar refractivity (Wildman–Crippen MR) is 78.9 cm³/mol. The second kappa shape index (κ2) is 6.13. The normalized spacial score (nSPS) is 20.8. The van der Waals surface area contributed by atoms with Crippen molar-refractivity contribution < 1.29 is 9.47 Å². The van der Waals surface area contributed by atoms with Gasteiger partial charge in [0.25, 0.3) is 0 Å². The molecule has 3 N–H and O–H groups in total. The van der Waals surface area contributed by atoms with Gasteiger partial charge >= 0.3 is 0 Å². The number of nitrogen functional groups attached to an aromatic ring is 1. The van der Waals surface area contributed by atoms with E-state index >= 15 is 0 Å². The first-order valence-corrected chi connectivity index (χ1v) is 7.44. The topological polar surface area (TPSA) is 98.9 Å². The van der Waals surface area contributed by atoms with Crippen molar-refractivity contribution >= 4 is 28.7 Å². The van der Waals surface area contributed by atoms with Crippen molar-refractivity contribution in [1.82, 2.24) is 19.9 Å². The molecular weight excluding hydrogens is 294 g/mol. The Bertz CT molecular complexity index is 626. The fraction of sp³-hybridized carbons (Fsp3) is 0.615. The van der Waals surface area contributed by atoms with Gasteiger partial charge in [-0.2, -0.15) is 9.97 Å². The summed E-state index contributed by atoms with van der Waals surface area (Å²) in [6.07, 6.45) is 3.68. The minimum absolute atomic E-state index is 0.0160. The summed E-state index contributed by atoms with van der Waals surface area (Å²) in [6.45, 7) is 2.76. The van der Waals surface area contributed by atoms with Crippen LogP contribution in [0.15, 0.2) is 0 Å². The molecule has 0 aliphatic carbocycles. The third-order valence-electron chi connectivity index (χ3n) is 3.38. The number of imidazole rings is 1. The highest BCUT2D eigenvalue weighted by atomic mass is 35.5. The van der Waals surface area contributed by atoms with E-state index in [1.807, 2.05) is 6.92 Å². The number of rotatable bonds is 4. The van der Waals surface area contributed by atoms with E-state index in [1.165, 1.54) is 0 Å². The van der Waals surface area contributed by atoms with Gasteiger partial charge in [-0.25, -0.2) is 4.98 Å². The molecule has 0 spiro atoms. The second-order valence-electron chi connectivity index (χ2n) is 5.20. The molecule has 0 radical (unpaired) electrons. The average Bonchev–Trinajstić information content (AvgIpc) is 2.82. The van der Waals surface area contributed by atoms with E-state index in [-0.39, 0.29) is 23.5 Å². The van der Waals surface area contributed by atoms with Crippen LogP contribution in [0, 0.1) is 0 Å². The summed E-state index contributed by atoms with van der Waals surface area (Å²) >= 11 is 6.01. The van der Waals surface area contributed by atoms with Crippen LogP contribution in [0.25, 0.3) is 11.2 Å². The van der Waals surface area contributed by atoms with Crippen LogP contribution in [0.5, 0.6) is 0 Å². The molecule has 0 amide bonds. The highest BCUT2D eigenvalue weighted by Gasteiger charge is 2.19. The lowest BCUT2D eigenvalue weighted by Gasteiger charge is -2.25. The van der Waals surface area contributed by atoms with Crippen LogP contribution in [-0.4, -0.2) is 38.9 Å². The Balaban J connectivity index is 1.68. The summed E-state index contributed by atoms with van der Waals surface area (Å²) in [4.78, 5) is 15.4. The lowest BCUT2D eigenvalue weighted by molar-refractivity contribution is -0.184. The summed E-state index contributed by atoms with van der Waals surface area (Å²) in [5, 5.41) is 0.278. The molecule has 2 unspecified atom stereocenters. The Morgan fingerprint density at radius 1 is 1.43 bits per heavy atom. The quantitative estimate of drug-likeness (QED) is 0.839. The van der Waals surface area contributed by atoms with Crippen LogP contribution in [-0.2, 0) is 15.9 Å². The van der Waals surface area contributed by atoms with Gasteiger partial charge in [-0.15, -0.1) is 0 Å². The number of nitrogens with two attached hydrogens (primary N) is 1. The maximum Gasteiger partial charge on any atom is 0.223 e. The van der Waals surface area contributed by atoms with E-state index in [1.54, 1.807) is 0 Å². The molecule has 7 nitrogen and oxygen atoms in total. The Morgan fingerprint density at radius 2 is 2.29 bits per heavy atom. The number of anilines is 1. The number of ether oxygens (including phenoxy) is 2. The minimum atomic E-state index is -0.114. The number of hydrogen-bond acceptors (Lipinski definition) is 6. The Kier molecular flexibility index (Phi) is 4.23. The standard InChI is InChI=1S/C13H18ClN5O2/c1-7(21-9-4-2-3-5-20-9)6-8-16-10-11(14)18-13(15)19-12(10)17-8/h7,9H,2-6H2,1H3,(H3,15,16,17,18,19). The Morgan fingerprint density at radius 3 is 3.05 bits per heavy atom. The van der Waals surface area contributed by atoms with Crippen molar-refractivity contribution in [2.24, 2.45) is 0 Å². The summed E-state index contributed by atoms with van der Waals surface area (Å²) in [5.41, 5.74) is 6.63. The van der Waals surface area contributed by atoms with E-state index in [4.69, 9.17) is 26.8 Å². The highest BCUT2D eigenvalue weighted by Crippen LogP contribution is 2.20. The van der Waals surface area contributed by atoms with Crippen LogP contribution < -0.4 is 5.73 Å². The maximum atomic E-state index is 6.01. The highest BCUT2D eigenvalue weighted by molar-refractivity contribution is 6.33. The third kappa shape index (κ3) is 3.42. The molecule has 114 valence electrons.